The van der Waals surface area contributed by atoms with Gasteiger partial charge in [-0.05, 0) is 59.4 Å². The molecule has 1 aliphatic rings. The van der Waals surface area contributed by atoms with Crippen molar-refractivity contribution in [3.63, 3.8) is 0 Å². The maximum atomic E-state index is 6.08. The Balaban J connectivity index is 2.44. The third-order valence-corrected chi connectivity index (χ3v) is 6.66. The van der Waals surface area contributed by atoms with E-state index in [2.05, 4.69) is 94.3 Å². The molecule has 0 radical (unpaired) electrons. The van der Waals surface area contributed by atoms with E-state index in [1.165, 1.54) is 22.3 Å². The third kappa shape index (κ3) is 4.29. The highest BCUT2D eigenvalue weighted by Gasteiger charge is 2.52. The van der Waals surface area contributed by atoms with Gasteiger partial charge < -0.3 is 11.5 Å². The van der Waals surface area contributed by atoms with Crippen LogP contribution < -0.4 is 11.5 Å². The van der Waals surface area contributed by atoms with Crippen LogP contribution in [0.1, 0.15) is 31.4 Å². The van der Waals surface area contributed by atoms with Crippen molar-refractivity contribution in [1.82, 2.24) is 0 Å². The molecule has 0 spiro atoms. The zero-order valence-electron chi connectivity index (χ0n) is 19.7. The van der Waals surface area contributed by atoms with Crippen LogP contribution in [0.3, 0.4) is 0 Å². The maximum absolute atomic E-state index is 6.08. The maximum Gasteiger partial charge on any atom is 0.0462 e. The van der Waals surface area contributed by atoms with Crippen LogP contribution in [-0.4, -0.2) is 0 Å². The van der Waals surface area contributed by atoms with Gasteiger partial charge in [0.25, 0.3) is 0 Å². The zero-order valence-corrected chi connectivity index (χ0v) is 19.7. The first-order valence-corrected chi connectivity index (χ1v) is 11.2. The van der Waals surface area contributed by atoms with Gasteiger partial charge in [-0.2, -0.15) is 0 Å². The van der Waals surface area contributed by atoms with E-state index in [1.807, 2.05) is 36.4 Å². The molecular weight excluding hydrogens is 400 g/mol. The van der Waals surface area contributed by atoms with Gasteiger partial charge >= 0.3 is 0 Å². The van der Waals surface area contributed by atoms with Crippen LogP contribution >= 0.6 is 0 Å². The lowest BCUT2D eigenvalue weighted by atomic mass is 9.65. The summed E-state index contributed by atoms with van der Waals surface area (Å²) in [5.41, 5.74) is 18.5. The van der Waals surface area contributed by atoms with Crippen molar-refractivity contribution in [3.05, 3.63) is 150 Å². The van der Waals surface area contributed by atoms with Crippen molar-refractivity contribution in [3.8, 4) is 0 Å². The Labute approximate surface area is 198 Å². The van der Waals surface area contributed by atoms with Gasteiger partial charge in [0.1, 0.15) is 0 Å². The molecule has 2 aromatic carbocycles. The Morgan fingerprint density at radius 3 is 2.15 bits per heavy atom. The van der Waals surface area contributed by atoms with E-state index < -0.39 is 5.41 Å². The van der Waals surface area contributed by atoms with Crippen LogP contribution in [0.2, 0.25) is 0 Å². The highest BCUT2D eigenvalue weighted by molar-refractivity contribution is 5.66. The molecule has 2 heteroatoms. The molecular formula is C31H34N2. The molecule has 4 N–H and O–H groups in total. The van der Waals surface area contributed by atoms with E-state index in [9.17, 15) is 0 Å². The predicted molar refractivity (Wildman–Crippen MR) is 144 cm³/mol. The number of hydrogen-bond donors (Lipinski definition) is 2. The largest absolute Gasteiger partial charge is 0.399 e. The normalized spacial score (nSPS) is 23.4. The van der Waals surface area contributed by atoms with Crippen LogP contribution in [0.5, 0.6) is 0 Å². The number of anilines is 1. The first-order valence-electron chi connectivity index (χ1n) is 11.2. The highest BCUT2D eigenvalue weighted by atomic mass is 14.6. The van der Waals surface area contributed by atoms with Gasteiger partial charge in [-0.15, -0.1) is 0 Å². The Hall–Kier alpha value is -3.78. The Bertz CT molecular complexity index is 1160. The molecule has 0 aliphatic heterocycles. The summed E-state index contributed by atoms with van der Waals surface area (Å²) in [6.45, 7) is 16.4. The van der Waals surface area contributed by atoms with Crippen LogP contribution in [-0.2, 0) is 10.8 Å². The molecule has 0 saturated heterocycles. The second kappa shape index (κ2) is 9.79. The van der Waals surface area contributed by atoms with E-state index in [0.717, 1.165) is 17.7 Å². The lowest BCUT2D eigenvalue weighted by Crippen LogP contribution is -2.32. The van der Waals surface area contributed by atoms with Crippen molar-refractivity contribution in [2.75, 3.05) is 5.73 Å². The quantitative estimate of drug-likeness (QED) is 0.345. The summed E-state index contributed by atoms with van der Waals surface area (Å²) in [6.07, 6.45) is 14.9. The first kappa shape index (κ1) is 23.9. The number of benzene rings is 2. The molecule has 2 nitrogen and oxygen atoms in total. The zero-order chi connectivity index (χ0) is 24.1. The van der Waals surface area contributed by atoms with Crippen LogP contribution in [0.25, 0.3) is 0 Å². The molecule has 3 rings (SSSR count). The fourth-order valence-electron chi connectivity index (χ4n) is 5.17. The molecule has 2 aromatic rings. The summed E-state index contributed by atoms with van der Waals surface area (Å²) < 4.78 is 0. The van der Waals surface area contributed by atoms with E-state index in [-0.39, 0.29) is 5.41 Å². The first-order chi connectivity index (χ1) is 15.8. The van der Waals surface area contributed by atoms with Gasteiger partial charge in [0.2, 0.25) is 0 Å². The number of rotatable bonds is 8. The number of allylic oxidation sites excluding steroid dienone is 10. The van der Waals surface area contributed by atoms with E-state index in [0.29, 0.717) is 5.70 Å². The topological polar surface area (TPSA) is 52.0 Å². The Morgan fingerprint density at radius 2 is 1.61 bits per heavy atom. The number of hydrogen-bond acceptors (Lipinski definition) is 2. The second-order valence-electron chi connectivity index (χ2n) is 8.68. The van der Waals surface area contributed by atoms with Crippen molar-refractivity contribution in [2.24, 2.45) is 5.73 Å². The van der Waals surface area contributed by atoms with Gasteiger partial charge in [-0.25, -0.2) is 0 Å². The molecule has 33 heavy (non-hydrogen) atoms. The molecule has 2 atom stereocenters. The third-order valence-electron chi connectivity index (χ3n) is 6.66. The van der Waals surface area contributed by atoms with Crippen LogP contribution in [0.15, 0.2) is 139 Å². The smallest absolute Gasteiger partial charge is 0.0462 e. The second-order valence-corrected chi connectivity index (χ2v) is 8.68. The SMILES string of the molecule is C=C/C=C\C1=C(C=C)C(C)(c2ccccc2)CC1(C(/C=C\C(=C)N)=C/C)c1ccc(N)cc1. The Kier molecular flexibility index (Phi) is 7.08. The van der Waals surface area contributed by atoms with Gasteiger partial charge in [-0.1, -0.05) is 106 Å². The average molecular weight is 435 g/mol. The molecule has 0 amide bonds. The van der Waals surface area contributed by atoms with Gasteiger partial charge in [0.15, 0.2) is 0 Å². The van der Waals surface area contributed by atoms with Crippen LogP contribution in [0.4, 0.5) is 5.69 Å². The fraction of sp³-hybridized carbons (Fsp3) is 0.161. The van der Waals surface area contributed by atoms with Crippen LogP contribution in [0, 0.1) is 0 Å². The summed E-state index contributed by atoms with van der Waals surface area (Å²) >= 11 is 0. The van der Waals surface area contributed by atoms with Gasteiger partial charge in [0, 0.05) is 22.2 Å². The lowest BCUT2D eigenvalue weighted by Gasteiger charge is -2.37. The van der Waals surface area contributed by atoms with Gasteiger partial charge in [-0.3, -0.25) is 0 Å². The fourth-order valence-corrected chi connectivity index (χ4v) is 5.17. The minimum Gasteiger partial charge on any atom is -0.399 e. The minimum atomic E-state index is -0.442. The number of nitrogen functional groups attached to an aromatic ring is 1. The Morgan fingerprint density at radius 1 is 0.939 bits per heavy atom. The summed E-state index contributed by atoms with van der Waals surface area (Å²) in [4.78, 5) is 0. The summed E-state index contributed by atoms with van der Waals surface area (Å²) in [6, 6.07) is 18.8. The highest BCUT2D eigenvalue weighted by Crippen LogP contribution is 2.59. The van der Waals surface area contributed by atoms with E-state index >= 15 is 0 Å². The minimum absolute atomic E-state index is 0.257. The summed E-state index contributed by atoms with van der Waals surface area (Å²) in [5, 5.41) is 0. The predicted octanol–water partition coefficient (Wildman–Crippen LogP) is 7.07. The van der Waals surface area contributed by atoms with Gasteiger partial charge in [0.05, 0.1) is 0 Å². The molecule has 0 bridgehead atoms. The molecule has 168 valence electrons. The molecule has 0 heterocycles. The lowest BCUT2D eigenvalue weighted by molar-refractivity contribution is 0.463. The van der Waals surface area contributed by atoms with E-state index in [1.54, 1.807) is 0 Å². The molecule has 0 aromatic heterocycles. The van der Waals surface area contributed by atoms with Crippen molar-refractivity contribution >= 4 is 5.69 Å². The van der Waals surface area contributed by atoms with Crippen molar-refractivity contribution in [1.29, 1.82) is 0 Å². The summed E-state index contributed by atoms with van der Waals surface area (Å²) in [5.74, 6) is 0. The monoisotopic (exact) mass is 434 g/mol. The molecule has 0 saturated carbocycles. The molecule has 1 aliphatic carbocycles. The average Bonchev–Trinajstić information content (AvgIpc) is 3.08. The van der Waals surface area contributed by atoms with E-state index in [4.69, 9.17) is 11.5 Å². The van der Waals surface area contributed by atoms with Crippen molar-refractivity contribution < 1.29 is 0 Å². The van der Waals surface area contributed by atoms with Crippen molar-refractivity contribution in [2.45, 2.75) is 31.1 Å². The molecule has 0 fully saturated rings. The molecule has 2 unspecified atom stereocenters. The number of nitrogens with two attached hydrogens (primary N) is 2. The summed E-state index contributed by atoms with van der Waals surface area (Å²) in [7, 11) is 0. The standard InChI is InChI=1S/C31H34N2/c1-6-9-15-29-28(8-3)30(5,25-13-11-10-12-14-25)22-31(29,24(7-2)17-16-23(4)32)26-18-20-27(33)21-19-26/h6-21H,1,3-4,22,32-33H2,2,5H3/b15-9-,17-16-,24-7+.